The van der Waals surface area contributed by atoms with Gasteiger partial charge in [-0.15, -0.1) is 0 Å². The number of benzene rings is 2. The molecular weight excluding hydrogens is 390 g/mol. The lowest BCUT2D eigenvalue weighted by molar-refractivity contribution is -0.140. The van der Waals surface area contributed by atoms with Gasteiger partial charge >= 0.3 is 6.18 Å². The van der Waals surface area contributed by atoms with Gasteiger partial charge in [0, 0.05) is 5.02 Å². The molecule has 0 unspecified atom stereocenters. The molecule has 0 aliphatic carbocycles. The second-order valence-electron chi connectivity index (χ2n) is 5.12. The number of halogens is 5. The number of aromatic nitrogens is 1. The number of hydrogen-bond acceptors (Lipinski definition) is 4. The summed E-state index contributed by atoms with van der Waals surface area (Å²) in [6.45, 7) is 0. The van der Waals surface area contributed by atoms with E-state index in [-0.39, 0.29) is 15.6 Å². The minimum absolute atomic E-state index is 0.0261. The molecule has 1 N–H and O–H groups in total. The summed E-state index contributed by atoms with van der Waals surface area (Å²) >= 11 is 6.56. The van der Waals surface area contributed by atoms with Crippen LogP contribution < -0.4 is 5.43 Å². The van der Waals surface area contributed by atoms with Crippen molar-refractivity contribution in [3.63, 3.8) is 0 Å². The number of hydrogen-bond donors (Lipinski definition) is 1. The summed E-state index contributed by atoms with van der Waals surface area (Å²) in [5, 5.41) is 4.43. The van der Waals surface area contributed by atoms with Gasteiger partial charge in [0.1, 0.15) is 5.82 Å². The molecule has 0 bridgehead atoms. The molecule has 0 fully saturated rings. The number of thiazole rings is 1. The van der Waals surface area contributed by atoms with Gasteiger partial charge in [-0.2, -0.15) is 18.3 Å². The van der Waals surface area contributed by atoms with Crippen LogP contribution in [0.15, 0.2) is 53.6 Å². The fourth-order valence-corrected chi connectivity index (χ4v) is 3.13. The smallest absolute Gasteiger partial charge is 0.253 e. The standard InChI is InChI=1S/C17H10ClF4N3S/c18-12-5-1-10(2-6-12)9-23-25-16-24-15(17(20,21)22)14(26-16)11-3-7-13(19)8-4-11/h1-9H,(H,24,25)/b23-9+. The predicted molar refractivity (Wildman–Crippen MR) is 95.2 cm³/mol. The van der Waals surface area contributed by atoms with Crippen molar-refractivity contribution < 1.29 is 17.6 Å². The fourth-order valence-electron chi connectivity index (χ4n) is 2.07. The summed E-state index contributed by atoms with van der Waals surface area (Å²) in [5.74, 6) is -0.530. The monoisotopic (exact) mass is 399 g/mol. The Morgan fingerprint density at radius 2 is 1.69 bits per heavy atom. The van der Waals surface area contributed by atoms with Gasteiger partial charge in [0.2, 0.25) is 5.13 Å². The molecule has 0 aliphatic rings. The average molecular weight is 400 g/mol. The van der Waals surface area contributed by atoms with Crippen molar-refractivity contribution in [3.8, 4) is 10.4 Å². The first-order valence-corrected chi connectivity index (χ1v) is 8.41. The lowest BCUT2D eigenvalue weighted by Crippen LogP contribution is -2.07. The Bertz CT molecular complexity index is 919. The van der Waals surface area contributed by atoms with Crippen molar-refractivity contribution in [2.75, 3.05) is 5.43 Å². The molecule has 26 heavy (non-hydrogen) atoms. The maximum absolute atomic E-state index is 13.2. The van der Waals surface area contributed by atoms with Crippen LogP contribution in [0.3, 0.4) is 0 Å². The second kappa shape index (κ2) is 7.43. The zero-order chi connectivity index (χ0) is 18.7. The normalized spacial score (nSPS) is 11.9. The number of nitrogens with zero attached hydrogens (tertiary/aromatic N) is 2. The van der Waals surface area contributed by atoms with E-state index in [1.807, 2.05) is 0 Å². The predicted octanol–water partition coefficient (Wildman–Crippen LogP) is 6.07. The third-order valence-electron chi connectivity index (χ3n) is 3.25. The Morgan fingerprint density at radius 1 is 1.04 bits per heavy atom. The van der Waals surface area contributed by atoms with Crippen molar-refractivity contribution in [2.24, 2.45) is 5.10 Å². The molecule has 1 aromatic heterocycles. The van der Waals surface area contributed by atoms with E-state index in [9.17, 15) is 17.6 Å². The van der Waals surface area contributed by atoms with E-state index < -0.39 is 17.7 Å². The van der Waals surface area contributed by atoms with Crippen LogP contribution in [0.2, 0.25) is 5.02 Å². The van der Waals surface area contributed by atoms with Gasteiger partial charge < -0.3 is 0 Å². The van der Waals surface area contributed by atoms with Crippen LogP contribution in [0, 0.1) is 5.82 Å². The van der Waals surface area contributed by atoms with E-state index in [1.165, 1.54) is 18.3 Å². The van der Waals surface area contributed by atoms with Crippen molar-refractivity contribution in [1.29, 1.82) is 0 Å². The van der Waals surface area contributed by atoms with E-state index in [0.29, 0.717) is 10.6 Å². The van der Waals surface area contributed by atoms with Gasteiger partial charge in [0.05, 0.1) is 11.1 Å². The van der Waals surface area contributed by atoms with E-state index >= 15 is 0 Å². The third kappa shape index (κ3) is 4.39. The first-order valence-electron chi connectivity index (χ1n) is 7.21. The first-order chi connectivity index (χ1) is 12.3. The Kier molecular flexibility index (Phi) is 5.24. The molecule has 0 saturated carbocycles. The maximum Gasteiger partial charge on any atom is 0.434 e. The topological polar surface area (TPSA) is 37.3 Å². The summed E-state index contributed by atoms with van der Waals surface area (Å²) < 4.78 is 52.7. The Morgan fingerprint density at radius 3 is 2.31 bits per heavy atom. The number of hydrazone groups is 1. The minimum atomic E-state index is -4.64. The van der Waals surface area contributed by atoms with Gasteiger partial charge in [-0.3, -0.25) is 5.43 Å². The van der Waals surface area contributed by atoms with Crippen LogP contribution in [-0.4, -0.2) is 11.2 Å². The molecule has 0 saturated heterocycles. The molecular formula is C17H10ClF4N3S. The number of anilines is 1. The largest absolute Gasteiger partial charge is 0.434 e. The third-order valence-corrected chi connectivity index (χ3v) is 4.51. The molecule has 0 radical (unpaired) electrons. The quantitative estimate of drug-likeness (QED) is 0.328. The van der Waals surface area contributed by atoms with Crippen molar-refractivity contribution in [2.45, 2.75) is 6.18 Å². The highest BCUT2D eigenvalue weighted by Gasteiger charge is 2.38. The van der Waals surface area contributed by atoms with Gasteiger partial charge in [0.25, 0.3) is 0 Å². The minimum Gasteiger partial charge on any atom is -0.253 e. The Balaban J connectivity index is 1.86. The summed E-state index contributed by atoms with van der Waals surface area (Å²) in [4.78, 5) is 3.47. The van der Waals surface area contributed by atoms with Crippen LogP contribution in [0.5, 0.6) is 0 Å². The molecule has 3 aromatic rings. The Labute approximate surface area is 155 Å². The zero-order valence-electron chi connectivity index (χ0n) is 12.9. The zero-order valence-corrected chi connectivity index (χ0v) is 14.5. The molecule has 3 rings (SSSR count). The summed E-state index contributed by atoms with van der Waals surface area (Å²) in [5.41, 5.74) is 2.39. The summed E-state index contributed by atoms with van der Waals surface area (Å²) in [6.07, 6.45) is -3.21. The van der Waals surface area contributed by atoms with Crippen molar-refractivity contribution >= 4 is 34.3 Å². The van der Waals surface area contributed by atoms with Crippen LogP contribution in [0.4, 0.5) is 22.7 Å². The van der Waals surface area contributed by atoms with Gasteiger partial charge in [-0.05, 0) is 35.4 Å². The highest BCUT2D eigenvalue weighted by Crippen LogP contribution is 2.41. The van der Waals surface area contributed by atoms with E-state index in [4.69, 9.17) is 11.6 Å². The molecule has 134 valence electrons. The fraction of sp³-hybridized carbons (Fsp3) is 0.0588. The summed E-state index contributed by atoms with van der Waals surface area (Å²) in [7, 11) is 0. The number of nitrogens with one attached hydrogen (secondary N) is 1. The lowest BCUT2D eigenvalue weighted by atomic mass is 10.1. The first kappa shape index (κ1) is 18.3. The molecule has 3 nitrogen and oxygen atoms in total. The van der Waals surface area contributed by atoms with Crippen LogP contribution >= 0.6 is 22.9 Å². The van der Waals surface area contributed by atoms with Crippen LogP contribution in [0.1, 0.15) is 11.3 Å². The molecule has 0 aliphatic heterocycles. The summed E-state index contributed by atoms with van der Waals surface area (Å²) in [6, 6.07) is 11.5. The number of rotatable bonds is 4. The van der Waals surface area contributed by atoms with Crippen molar-refractivity contribution in [3.05, 3.63) is 70.6 Å². The molecule has 1 heterocycles. The van der Waals surface area contributed by atoms with Gasteiger partial charge in [-0.1, -0.05) is 47.2 Å². The van der Waals surface area contributed by atoms with Crippen LogP contribution in [0.25, 0.3) is 10.4 Å². The SMILES string of the molecule is Fc1ccc(-c2sc(N/N=C/c3ccc(Cl)cc3)nc2C(F)(F)F)cc1. The van der Waals surface area contributed by atoms with E-state index in [2.05, 4.69) is 15.5 Å². The van der Waals surface area contributed by atoms with E-state index in [1.54, 1.807) is 24.3 Å². The molecule has 0 amide bonds. The van der Waals surface area contributed by atoms with Gasteiger partial charge in [0.15, 0.2) is 5.69 Å². The maximum atomic E-state index is 13.2. The van der Waals surface area contributed by atoms with Crippen molar-refractivity contribution in [1.82, 2.24) is 4.98 Å². The average Bonchev–Trinajstić information content (AvgIpc) is 3.02. The highest BCUT2D eigenvalue weighted by molar-refractivity contribution is 7.19. The molecule has 0 spiro atoms. The van der Waals surface area contributed by atoms with E-state index in [0.717, 1.165) is 23.5 Å². The highest BCUT2D eigenvalue weighted by atomic mass is 35.5. The Hall–Kier alpha value is -2.45. The lowest BCUT2D eigenvalue weighted by Gasteiger charge is -2.05. The molecule has 2 aromatic carbocycles. The molecule has 0 atom stereocenters. The van der Waals surface area contributed by atoms with Crippen LogP contribution in [-0.2, 0) is 6.18 Å². The second-order valence-corrected chi connectivity index (χ2v) is 6.56. The molecule has 9 heteroatoms. The number of alkyl halides is 3. The van der Waals surface area contributed by atoms with Gasteiger partial charge in [-0.25, -0.2) is 9.37 Å².